The third-order valence-corrected chi connectivity index (χ3v) is 5.09. The zero-order valence-electron chi connectivity index (χ0n) is 12.0. The number of nitrogens with one attached hydrogen (secondary N) is 1. The monoisotopic (exact) mass is 300 g/mol. The van der Waals surface area contributed by atoms with Crippen LogP contribution in [0.2, 0.25) is 0 Å². The highest BCUT2D eigenvalue weighted by atomic mass is 32.1. The summed E-state index contributed by atoms with van der Waals surface area (Å²) in [5, 5.41) is 5.17. The van der Waals surface area contributed by atoms with E-state index >= 15 is 0 Å². The number of nitrogens with two attached hydrogens (primary N) is 1. The summed E-state index contributed by atoms with van der Waals surface area (Å²) >= 11 is 1.77. The van der Waals surface area contributed by atoms with Crippen LogP contribution in [0.3, 0.4) is 0 Å². The maximum absolute atomic E-state index is 12.4. The molecule has 4 heteroatoms. The van der Waals surface area contributed by atoms with E-state index < -0.39 is 0 Å². The van der Waals surface area contributed by atoms with Gasteiger partial charge in [0.1, 0.15) is 0 Å². The molecule has 110 valence electrons. The zero-order valence-corrected chi connectivity index (χ0v) is 12.8. The fourth-order valence-electron chi connectivity index (χ4n) is 2.86. The number of benzene rings is 1. The van der Waals surface area contributed by atoms with Crippen molar-refractivity contribution in [1.82, 2.24) is 5.32 Å². The Morgan fingerprint density at radius 2 is 2.00 bits per heavy atom. The summed E-state index contributed by atoms with van der Waals surface area (Å²) in [5.41, 5.74) is 9.05. The zero-order chi connectivity index (χ0) is 14.7. The lowest BCUT2D eigenvalue weighted by Crippen LogP contribution is -2.30. The van der Waals surface area contributed by atoms with E-state index in [0.717, 1.165) is 30.4 Å². The molecular weight excluding hydrogens is 280 g/mol. The molecule has 2 aromatic rings. The Hall–Kier alpha value is -1.65. The molecule has 1 aliphatic rings. The van der Waals surface area contributed by atoms with Crippen molar-refractivity contribution < 1.29 is 4.79 Å². The van der Waals surface area contributed by atoms with E-state index in [1.54, 1.807) is 11.3 Å². The first-order chi connectivity index (χ1) is 10.3. The van der Waals surface area contributed by atoms with Crippen molar-refractivity contribution in [2.75, 3.05) is 0 Å². The van der Waals surface area contributed by atoms with Gasteiger partial charge < -0.3 is 11.1 Å². The third-order valence-electron chi connectivity index (χ3n) is 4.09. The molecule has 0 saturated heterocycles. The highest BCUT2D eigenvalue weighted by molar-refractivity contribution is 7.10. The van der Waals surface area contributed by atoms with Crippen LogP contribution in [0, 0.1) is 0 Å². The highest BCUT2D eigenvalue weighted by Crippen LogP contribution is 2.34. The minimum Gasteiger partial charge on any atom is -0.351 e. The predicted molar refractivity (Wildman–Crippen MR) is 86.2 cm³/mol. The summed E-state index contributed by atoms with van der Waals surface area (Å²) in [6, 6.07) is 10.2. The van der Waals surface area contributed by atoms with Gasteiger partial charge in [-0.2, -0.15) is 0 Å². The lowest BCUT2D eigenvalue weighted by atomic mass is 9.87. The van der Waals surface area contributed by atoms with Gasteiger partial charge in [0, 0.05) is 18.0 Å². The molecule has 1 aliphatic carbocycles. The number of hydrogen-bond acceptors (Lipinski definition) is 3. The quantitative estimate of drug-likeness (QED) is 0.912. The molecule has 21 heavy (non-hydrogen) atoms. The lowest BCUT2D eigenvalue weighted by Gasteiger charge is -2.21. The fourth-order valence-corrected chi connectivity index (χ4v) is 3.85. The summed E-state index contributed by atoms with van der Waals surface area (Å²) in [6.45, 7) is 1.13. The molecule has 1 atom stereocenters. The Morgan fingerprint density at radius 1 is 1.24 bits per heavy atom. The van der Waals surface area contributed by atoms with Gasteiger partial charge in [0.25, 0.3) is 0 Å². The van der Waals surface area contributed by atoms with Crippen LogP contribution in [0.1, 0.15) is 40.3 Å². The number of carbonyl (C=O) groups is 1. The predicted octanol–water partition coefficient (Wildman–Crippen LogP) is 2.94. The minimum atomic E-state index is 0.0308. The SMILES string of the molecule is NCc1ccc(CNC(=O)C2CCCc3sccc32)cc1. The van der Waals surface area contributed by atoms with E-state index in [1.165, 1.54) is 10.4 Å². The molecule has 3 N–H and O–H groups in total. The summed E-state index contributed by atoms with van der Waals surface area (Å²) in [6.07, 6.45) is 3.19. The number of aryl methyl sites for hydroxylation is 1. The van der Waals surface area contributed by atoms with Crippen LogP contribution >= 0.6 is 11.3 Å². The standard InChI is InChI=1S/C17H20N2OS/c18-10-12-4-6-13(7-5-12)11-19-17(20)15-2-1-3-16-14(15)8-9-21-16/h4-9,15H,1-3,10-11,18H2,(H,19,20). The molecule has 0 saturated carbocycles. The minimum absolute atomic E-state index is 0.0308. The topological polar surface area (TPSA) is 55.1 Å². The van der Waals surface area contributed by atoms with Gasteiger partial charge in [0.05, 0.1) is 5.92 Å². The molecule has 0 fully saturated rings. The van der Waals surface area contributed by atoms with E-state index in [4.69, 9.17) is 5.73 Å². The van der Waals surface area contributed by atoms with Crippen LogP contribution in [0.5, 0.6) is 0 Å². The van der Waals surface area contributed by atoms with Crippen LogP contribution in [-0.2, 0) is 24.3 Å². The number of amides is 1. The van der Waals surface area contributed by atoms with Crippen molar-refractivity contribution in [1.29, 1.82) is 0 Å². The second-order valence-electron chi connectivity index (χ2n) is 5.48. The number of carbonyl (C=O) groups excluding carboxylic acids is 1. The van der Waals surface area contributed by atoms with Crippen LogP contribution in [-0.4, -0.2) is 5.91 Å². The maximum Gasteiger partial charge on any atom is 0.227 e. The van der Waals surface area contributed by atoms with Crippen LogP contribution in [0.15, 0.2) is 35.7 Å². The molecule has 1 unspecified atom stereocenters. The average Bonchev–Trinajstić information content (AvgIpc) is 3.01. The van der Waals surface area contributed by atoms with Crippen molar-refractivity contribution >= 4 is 17.2 Å². The normalized spacial score (nSPS) is 17.3. The van der Waals surface area contributed by atoms with Gasteiger partial charge in [0.15, 0.2) is 0 Å². The molecule has 0 bridgehead atoms. The second-order valence-corrected chi connectivity index (χ2v) is 6.48. The molecular formula is C17H20N2OS. The Kier molecular flexibility index (Phi) is 4.36. The third kappa shape index (κ3) is 3.17. The first-order valence-electron chi connectivity index (χ1n) is 7.40. The fraction of sp³-hybridized carbons (Fsp3) is 0.353. The van der Waals surface area contributed by atoms with E-state index in [9.17, 15) is 4.79 Å². The summed E-state index contributed by atoms with van der Waals surface area (Å²) < 4.78 is 0. The number of rotatable bonds is 4. The van der Waals surface area contributed by atoms with Gasteiger partial charge in [-0.25, -0.2) is 0 Å². The molecule has 1 heterocycles. The smallest absolute Gasteiger partial charge is 0.227 e. The van der Waals surface area contributed by atoms with Crippen molar-refractivity contribution in [3.63, 3.8) is 0 Å². The van der Waals surface area contributed by atoms with Crippen molar-refractivity contribution in [2.24, 2.45) is 5.73 Å². The van der Waals surface area contributed by atoms with Crippen molar-refractivity contribution in [3.05, 3.63) is 57.3 Å². The second kappa shape index (κ2) is 6.41. The van der Waals surface area contributed by atoms with Gasteiger partial charge in [-0.15, -0.1) is 11.3 Å². The Balaban J connectivity index is 1.62. The van der Waals surface area contributed by atoms with E-state index in [0.29, 0.717) is 13.1 Å². The van der Waals surface area contributed by atoms with E-state index in [1.807, 2.05) is 24.3 Å². The van der Waals surface area contributed by atoms with E-state index in [-0.39, 0.29) is 11.8 Å². The molecule has 3 nitrogen and oxygen atoms in total. The van der Waals surface area contributed by atoms with Crippen molar-refractivity contribution in [3.8, 4) is 0 Å². The first kappa shape index (κ1) is 14.3. The molecule has 0 aliphatic heterocycles. The summed E-state index contributed by atoms with van der Waals surface area (Å²) in [7, 11) is 0. The van der Waals surface area contributed by atoms with Gasteiger partial charge in [-0.1, -0.05) is 24.3 Å². The van der Waals surface area contributed by atoms with Gasteiger partial charge >= 0.3 is 0 Å². The average molecular weight is 300 g/mol. The molecule has 1 aromatic carbocycles. The first-order valence-corrected chi connectivity index (χ1v) is 8.28. The number of fused-ring (bicyclic) bond motifs is 1. The Morgan fingerprint density at radius 3 is 2.76 bits per heavy atom. The number of hydrogen-bond donors (Lipinski definition) is 2. The van der Waals surface area contributed by atoms with Gasteiger partial charge in [-0.3, -0.25) is 4.79 Å². The van der Waals surface area contributed by atoms with Gasteiger partial charge in [-0.05, 0) is 47.4 Å². The summed E-state index contributed by atoms with van der Waals surface area (Å²) in [4.78, 5) is 13.8. The maximum atomic E-state index is 12.4. The van der Waals surface area contributed by atoms with Crippen LogP contribution < -0.4 is 11.1 Å². The largest absolute Gasteiger partial charge is 0.351 e. The highest BCUT2D eigenvalue weighted by Gasteiger charge is 2.26. The molecule has 0 radical (unpaired) electrons. The Labute approximate surface area is 129 Å². The van der Waals surface area contributed by atoms with Crippen molar-refractivity contribution in [2.45, 2.75) is 38.3 Å². The van der Waals surface area contributed by atoms with Crippen LogP contribution in [0.25, 0.3) is 0 Å². The number of thiophene rings is 1. The van der Waals surface area contributed by atoms with Gasteiger partial charge in [0.2, 0.25) is 5.91 Å². The van der Waals surface area contributed by atoms with E-state index in [2.05, 4.69) is 16.8 Å². The molecule has 1 aromatic heterocycles. The molecule has 1 amide bonds. The lowest BCUT2D eigenvalue weighted by molar-refractivity contribution is -0.123. The summed E-state index contributed by atoms with van der Waals surface area (Å²) in [5.74, 6) is 0.181. The molecule has 0 spiro atoms. The Bertz CT molecular complexity index is 618. The molecule has 3 rings (SSSR count). The van der Waals surface area contributed by atoms with Crippen LogP contribution in [0.4, 0.5) is 0 Å².